The number of methoxy groups -OCH3 is 2. The van der Waals surface area contributed by atoms with E-state index in [4.69, 9.17) is 14.2 Å². The molecule has 1 heterocycles. The van der Waals surface area contributed by atoms with E-state index in [0.717, 1.165) is 17.4 Å². The summed E-state index contributed by atoms with van der Waals surface area (Å²) >= 11 is 0. The summed E-state index contributed by atoms with van der Waals surface area (Å²) in [5, 5.41) is 0. The van der Waals surface area contributed by atoms with E-state index in [1.165, 1.54) is 12.1 Å². The van der Waals surface area contributed by atoms with Crippen LogP contribution in [0.15, 0.2) is 42.5 Å². The molecule has 0 bridgehead atoms. The maximum absolute atomic E-state index is 13.5. The van der Waals surface area contributed by atoms with E-state index in [-0.39, 0.29) is 11.9 Å². The molecule has 26 heavy (non-hydrogen) atoms. The van der Waals surface area contributed by atoms with Crippen molar-refractivity contribution in [2.75, 3.05) is 20.8 Å². The molecule has 2 aromatic carbocycles. The molecule has 0 aliphatic carbocycles. The minimum Gasteiger partial charge on any atom is -0.493 e. The van der Waals surface area contributed by atoms with E-state index in [2.05, 4.69) is 0 Å². The van der Waals surface area contributed by atoms with Gasteiger partial charge in [-0.2, -0.15) is 0 Å². The second-order valence-corrected chi connectivity index (χ2v) is 6.21. The minimum absolute atomic E-state index is 0.00608. The highest BCUT2D eigenvalue weighted by Gasteiger charge is 2.34. The SMILES string of the molecule is COc1ccc(C[C@H]2COC(C=O)N2Cc2cccc(F)c2)cc1OC. The van der Waals surface area contributed by atoms with Gasteiger partial charge >= 0.3 is 0 Å². The summed E-state index contributed by atoms with van der Waals surface area (Å²) in [6.45, 7) is 0.881. The Morgan fingerprint density at radius 3 is 2.65 bits per heavy atom. The van der Waals surface area contributed by atoms with E-state index in [9.17, 15) is 9.18 Å². The average Bonchev–Trinajstić information content (AvgIpc) is 3.03. The van der Waals surface area contributed by atoms with Crippen LogP contribution in [0.3, 0.4) is 0 Å². The fraction of sp³-hybridized carbons (Fsp3) is 0.350. The van der Waals surface area contributed by atoms with Gasteiger partial charge in [-0.1, -0.05) is 18.2 Å². The Kier molecular flexibility index (Phi) is 5.85. The molecule has 1 unspecified atom stereocenters. The summed E-state index contributed by atoms with van der Waals surface area (Å²) in [6, 6.07) is 12.2. The zero-order valence-electron chi connectivity index (χ0n) is 14.9. The van der Waals surface area contributed by atoms with Crippen molar-refractivity contribution < 1.29 is 23.4 Å². The Labute approximate surface area is 152 Å². The number of hydrogen-bond donors (Lipinski definition) is 0. The summed E-state index contributed by atoms with van der Waals surface area (Å²) in [6.07, 6.45) is 0.844. The van der Waals surface area contributed by atoms with Crippen molar-refractivity contribution in [2.45, 2.75) is 25.2 Å². The van der Waals surface area contributed by atoms with Crippen LogP contribution in [-0.2, 0) is 22.5 Å². The number of rotatable bonds is 7. The molecule has 0 saturated carbocycles. The summed E-state index contributed by atoms with van der Waals surface area (Å²) in [4.78, 5) is 13.3. The number of carbonyl (C=O) groups is 1. The van der Waals surface area contributed by atoms with Gasteiger partial charge in [-0.25, -0.2) is 4.39 Å². The highest BCUT2D eigenvalue weighted by molar-refractivity contribution is 5.56. The molecule has 0 aromatic heterocycles. The molecule has 1 aliphatic rings. The number of aldehydes is 1. The van der Waals surface area contributed by atoms with Crippen molar-refractivity contribution in [3.05, 3.63) is 59.4 Å². The van der Waals surface area contributed by atoms with Crippen LogP contribution >= 0.6 is 0 Å². The molecule has 3 rings (SSSR count). The molecule has 0 spiro atoms. The predicted molar refractivity (Wildman–Crippen MR) is 94.8 cm³/mol. The lowest BCUT2D eigenvalue weighted by atomic mass is 10.0. The molecule has 2 aromatic rings. The maximum atomic E-state index is 13.5. The van der Waals surface area contributed by atoms with Crippen LogP contribution in [0, 0.1) is 5.82 Å². The van der Waals surface area contributed by atoms with Crippen molar-refractivity contribution in [1.82, 2.24) is 4.90 Å². The standard InChI is InChI=1S/C20H22FNO4/c1-24-18-7-6-14(10-19(18)25-2)9-17-13-26-20(12-23)22(17)11-15-4-3-5-16(21)8-15/h3-8,10,12,17,20H,9,11,13H2,1-2H3/t17-,20?/m0/s1. The fourth-order valence-corrected chi connectivity index (χ4v) is 3.25. The monoisotopic (exact) mass is 359 g/mol. The first-order chi connectivity index (χ1) is 12.6. The first-order valence-electron chi connectivity index (χ1n) is 8.42. The third-order valence-electron chi connectivity index (χ3n) is 4.55. The highest BCUT2D eigenvalue weighted by Crippen LogP contribution is 2.30. The summed E-state index contributed by atoms with van der Waals surface area (Å²) in [7, 11) is 3.19. The predicted octanol–water partition coefficient (Wildman–Crippen LogP) is 2.81. The minimum atomic E-state index is -0.622. The Morgan fingerprint density at radius 2 is 1.96 bits per heavy atom. The topological polar surface area (TPSA) is 48.0 Å². The van der Waals surface area contributed by atoms with Gasteiger partial charge < -0.3 is 14.2 Å². The van der Waals surface area contributed by atoms with Crippen LogP contribution in [0.1, 0.15) is 11.1 Å². The molecule has 6 heteroatoms. The molecule has 0 N–H and O–H groups in total. The maximum Gasteiger partial charge on any atom is 0.167 e. The van der Waals surface area contributed by atoms with Crippen molar-refractivity contribution >= 4 is 6.29 Å². The summed E-state index contributed by atoms with van der Waals surface area (Å²) in [5.41, 5.74) is 1.85. The van der Waals surface area contributed by atoms with Crippen LogP contribution in [0.4, 0.5) is 4.39 Å². The van der Waals surface area contributed by atoms with Crippen molar-refractivity contribution in [3.8, 4) is 11.5 Å². The van der Waals surface area contributed by atoms with Crippen LogP contribution in [-0.4, -0.2) is 44.3 Å². The lowest BCUT2D eigenvalue weighted by molar-refractivity contribution is -0.122. The van der Waals surface area contributed by atoms with E-state index >= 15 is 0 Å². The number of ether oxygens (including phenoxy) is 3. The molecule has 1 saturated heterocycles. The van der Waals surface area contributed by atoms with E-state index in [0.29, 0.717) is 31.1 Å². The van der Waals surface area contributed by atoms with Gasteiger partial charge in [0, 0.05) is 12.6 Å². The van der Waals surface area contributed by atoms with Crippen LogP contribution in [0.5, 0.6) is 11.5 Å². The quantitative estimate of drug-likeness (QED) is 0.712. The van der Waals surface area contributed by atoms with Gasteiger partial charge in [-0.3, -0.25) is 9.69 Å². The molecule has 138 valence electrons. The zero-order chi connectivity index (χ0) is 18.5. The number of halogens is 1. The number of nitrogens with zero attached hydrogens (tertiary/aromatic N) is 1. The van der Waals surface area contributed by atoms with Crippen LogP contribution in [0.25, 0.3) is 0 Å². The Hall–Kier alpha value is -2.44. The van der Waals surface area contributed by atoms with Gasteiger partial charge in [-0.15, -0.1) is 0 Å². The summed E-state index contributed by atoms with van der Waals surface area (Å²) in [5.74, 6) is 1.04. The van der Waals surface area contributed by atoms with E-state index in [1.54, 1.807) is 20.3 Å². The lowest BCUT2D eigenvalue weighted by Crippen LogP contribution is -2.38. The summed E-state index contributed by atoms with van der Waals surface area (Å²) < 4.78 is 29.7. The smallest absolute Gasteiger partial charge is 0.167 e. The first kappa shape index (κ1) is 18.4. The van der Waals surface area contributed by atoms with Gasteiger partial charge in [-0.05, 0) is 41.8 Å². The zero-order valence-corrected chi connectivity index (χ0v) is 14.9. The second kappa shape index (κ2) is 8.29. The molecule has 0 radical (unpaired) electrons. The average molecular weight is 359 g/mol. The van der Waals surface area contributed by atoms with Crippen LogP contribution in [0.2, 0.25) is 0 Å². The molecule has 1 fully saturated rings. The van der Waals surface area contributed by atoms with Crippen LogP contribution < -0.4 is 9.47 Å². The second-order valence-electron chi connectivity index (χ2n) is 6.21. The fourth-order valence-electron chi connectivity index (χ4n) is 3.25. The number of hydrogen-bond acceptors (Lipinski definition) is 5. The largest absolute Gasteiger partial charge is 0.493 e. The Morgan fingerprint density at radius 1 is 1.15 bits per heavy atom. The highest BCUT2D eigenvalue weighted by atomic mass is 19.1. The molecular formula is C20H22FNO4. The van der Waals surface area contributed by atoms with Crippen molar-refractivity contribution in [1.29, 1.82) is 0 Å². The van der Waals surface area contributed by atoms with Gasteiger partial charge in [0.1, 0.15) is 5.82 Å². The van der Waals surface area contributed by atoms with Crippen molar-refractivity contribution in [3.63, 3.8) is 0 Å². The molecular weight excluding hydrogens is 337 g/mol. The van der Waals surface area contributed by atoms with Gasteiger partial charge in [0.05, 0.1) is 20.8 Å². The van der Waals surface area contributed by atoms with E-state index in [1.807, 2.05) is 29.2 Å². The molecule has 5 nitrogen and oxygen atoms in total. The van der Waals surface area contributed by atoms with Gasteiger partial charge in [0.15, 0.2) is 24.0 Å². The molecule has 2 atom stereocenters. The van der Waals surface area contributed by atoms with Crippen molar-refractivity contribution in [2.24, 2.45) is 0 Å². The number of benzene rings is 2. The molecule has 1 aliphatic heterocycles. The number of carbonyl (C=O) groups excluding carboxylic acids is 1. The van der Waals surface area contributed by atoms with Gasteiger partial charge in [0.25, 0.3) is 0 Å². The first-order valence-corrected chi connectivity index (χ1v) is 8.42. The third kappa shape index (κ3) is 4.03. The Bertz CT molecular complexity index is 767. The lowest BCUT2D eigenvalue weighted by Gasteiger charge is -2.25. The normalized spacial score (nSPS) is 20.1. The van der Waals surface area contributed by atoms with E-state index < -0.39 is 6.23 Å². The Balaban J connectivity index is 1.78. The van der Waals surface area contributed by atoms with Gasteiger partial charge in [0.2, 0.25) is 0 Å². The third-order valence-corrected chi connectivity index (χ3v) is 4.55. The molecule has 0 amide bonds.